The van der Waals surface area contributed by atoms with Crippen LogP contribution < -0.4 is 4.52 Å². The fraction of sp³-hybridized carbons (Fsp3) is 0.219. The van der Waals surface area contributed by atoms with Crippen LogP contribution in [0.4, 0.5) is 0 Å². The van der Waals surface area contributed by atoms with Crippen LogP contribution in [0, 0.1) is 0 Å². The van der Waals surface area contributed by atoms with Gasteiger partial charge in [-0.25, -0.2) is 4.99 Å². The van der Waals surface area contributed by atoms with E-state index in [1.54, 1.807) is 0 Å². The molecule has 0 radical (unpaired) electrons. The molecular formula is C32H26NO7P. The number of hydrogen-bond acceptors (Lipinski definition) is 8. The van der Waals surface area contributed by atoms with Crippen LogP contribution in [-0.4, -0.2) is 43.1 Å². The standard InChI is InChI=1S/C32H26NO7P/c1-3-11-20(12-4-1)30-33-27-29(28-26(35-32(27)37-30)19-34-31(36-28)21-13-5-2-6-14-21)40-41-38-24-17-9-7-15-22(24)23-16-8-10-18-25(23)39-41/h1-18,26-29,31-32H,19H2/t26-,27-,28-,29-,31?,32-/m1/s1. The molecule has 41 heavy (non-hydrogen) atoms. The lowest BCUT2D eigenvalue weighted by Crippen LogP contribution is -2.62. The quantitative estimate of drug-likeness (QED) is 0.237. The number of rotatable bonds is 4. The molecule has 2 fully saturated rings. The smallest absolute Gasteiger partial charge is 0.387 e. The fourth-order valence-corrected chi connectivity index (χ4v) is 6.76. The van der Waals surface area contributed by atoms with E-state index in [0.717, 1.165) is 21.9 Å². The van der Waals surface area contributed by atoms with Crippen molar-refractivity contribution in [1.82, 2.24) is 0 Å². The van der Waals surface area contributed by atoms with Gasteiger partial charge in [-0.2, -0.15) is 0 Å². The van der Waals surface area contributed by atoms with Crippen molar-refractivity contribution in [2.24, 2.45) is 4.99 Å². The van der Waals surface area contributed by atoms with Gasteiger partial charge in [0, 0.05) is 21.9 Å². The summed E-state index contributed by atoms with van der Waals surface area (Å²) >= 11 is 0. The van der Waals surface area contributed by atoms with Gasteiger partial charge in [0.05, 0.1) is 6.61 Å². The molecule has 4 heterocycles. The van der Waals surface area contributed by atoms with Crippen LogP contribution in [0.1, 0.15) is 17.4 Å². The first-order valence-electron chi connectivity index (χ1n) is 13.6. The Balaban J connectivity index is 1.22. The summed E-state index contributed by atoms with van der Waals surface area (Å²) in [5.41, 5.74) is 3.16. The number of hydrogen-bond donors (Lipinski definition) is 0. The molecule has 206 valence electrons. The Bertz CT molecular complexity index is 1700. The van der Waals surface area contributed by atoms with E-state index in [-0.39, 0.29) is 0 Å². The summed E-state index contributed by atoms with van der Waals surface area (Å²) in [6.45, 7) is 0.308. The minimum atomic E-state index is -1.89. The number of benzene rings is 4. The third-order valence-corrected chi connectivity index (χ3v) is 8.62. The van der Waals surface area contributed by atoms with Crippen molar-refractivity contribution >= 4 is 36.1 Å². The molecule has 0 aliphatic carbocycles. The molecular weight excluding hydrogens is 541 g/mol. The van der Waals surface area contributed by atoms with Gasteiger partial charge in [-0.1, -0.05) is 84.9 Å². The summed E-state index contributed by atoms with van der Waals surface area (Å²) < 4.78 is 44.8. The Kier molecular flexibility index (Phi) is 6.36. The predicted molar refractivity (Wildman–Crippen MR) is 153 cm³/mol. The topological polar surface area (TPSA) is 84.8 Å². The number of para-hydroxylation sites is 2. The highest BCUT2D eigenvalue weighted by Crippen LogP contribution is 2.42. The van der Waals surface area contributed by atoms with Crippen LogP contribution in [0.5, 0.6) is 0 Å². The van der Waals surface area contributed by atoms with Crippen LogP contribution in [0.3, 0.4) is 0 Å². The molecule has 5 aromatic rings. The van der Waals surface area contributed by atoms with E-state index in [9.17, 15) is 0 Å². The molecule has 2 saturated heterocycles. The SMILES string of the molecule is c1ccc(C2=N[C@H]3[C@@H](O2)O[C@@H]2COC(c4ccccc4)O[C@H]2[C@@H]3Op2oc3ccccc3c3ccccc3o2)cc1. The third-order valence-electron chi connectivity index (χ3n) is 7.51. The molecule has 0 saturated carbocycles. The maximum atomic E-state index is 6.75. The zero-order chi connectivity index (χ0) is 27.2. The maximum absolute atomic E-state index is 6.75. The van der Waals surface area contributed by atoms with Crippen LogP contribution in [-0.2, 0) is 18.9 Å². The molecule has 8 rings (SSSR count). The first-order chi connectivity index (χ1) is 20.3. The maximum Gasteiger partial charge on any atom is 0.387 e. The van der Waals surface area contributed by atoms with Crippen molar-refractivity contribution in [2.45, 2.75) is 36.9 Å². The van der Waals surface area contributed by atoms with Crippen LogP contribution in [0.2, 0.25) is 0 Å². The van der Waals surface area contributed by atoms with Gasteiger partial charge in [-0.3, -0.25) is 4.52 Å². The summed E-state index contributed by atoms with van der Waals surface area (Å²) in [5.74, 6) is 0.500. The first kappa shape index (κ1) is 24.9. The van der Waals surface area contributed by atoms with Gasteiger partial charge in [-0.05, 0) is 24.3 Å². The molecule has 1 unspecified atom stereocenters. The van der Waals surface area contributed by atoms with Crippen molar-refractivity contribution in [3.05, 3.63) is 120 Å². The fourth-order valence-electron chi connectivity index (χ4n) is 5.55. The van der Waals surface area contributed by atoms with Crippen molar-refractivity contribution in [1.29, 1.82) is 0 Å². The third kappa shape index (κ3) is 4.64. The zero-order valence-corrected chi connectivity index (χ0v) is 22.7. The molecule has 9 heteroatoms. The number of aliphatic imine (C=N–C) groups is 1. The Morgan fingerprint density at radius 3 is 2.05 bits per heavy atom. The van der Waals surface area contributed by atoms with Gasteiger partial charge in [0.1, 0.15) is 35.5 Å². The Labute approximate surface area is 236 Å². The van der Waals surface area contributed by atoms with Gasteiger partial charge >= 0.3 is 8.24 Å². The lowest BCUT2D eigenvalue weighted by Gasteiger charge is -2.45. The van der Waals surface area contributed by atoms with E-state index in [1.165, 1.54) is 0 Å². The van der Waals surface area contributed by atoms with E-state index in [4.69, 9.17) is 36.9 Å². The lowest BCUT2D eigenvalue weighted by molar-refractivity contribution is -0.324. The summed E-state index contributed by atoms with van der Waals surface area (Å²) in [5, 5.41) is 1.89. The average molecular weight is 568 g/mol. The summed E-state index contributed by atoms with van der Waals surface area (Å²) in [7, 11) is -1.89. The molecule has 3 aliphatic rings. The molecule has 1 aromatic heterocycles. The molecule has 4 aromatic carbocycles. The van der Waals surface area contributed by atoms with Crippen molar-refractivity contribution < 1.29 is 31.9 Å². The highest BCUT2D eigenvalue weighted by atomic mass is 31.1. The molecule has 0 spiro atoms. The van der Waals surface area contributed by atoms with E-state index in [1.807, 2.05) is 109 Å². The van der Waals surface area contributed by atoms with Gasteiger partial charge < -0.3 is 27.3 Å². The monoisotopic (exact) mass is 567 g/mol. The van der Waals surface area contributed by atoms with Gasteiger partial charge in [0.25, 0.3) is 0 Å². The van der Waals surface area contributed by atoms with Gasteiger partial charge in [0.2, 0.25) is 12.2 Å². The average Bonchev–Trinajstić information content (AvgIpc) is 3.39. The second kappa shape index (κ2) is 10.5. The Morgan fingerprint density at radius 2 is 1.34 bits per heavy atom. The largest absolute Gasteiger partial charge is 0.445 e. The van der Waals surface area contributed by atoms with Crippen molar-refractivity contribution in [3.8, 4) is 0 Å². The van der Waals surface area contributed by atoms with Gasteiger partial charge in [-0.15, -0.1) is 0 Å². The summed E-state index contributed by atoms with van der Waals surface area (Å²) in [6.07, 6.45) is -2.79. The zero-order valence-electron chi connectivity index (χ0n) is 21.8. The summed E-state index contributed by atoms with van der Waals surface area (Å²) in [4.78, 5) is 4.95. The predicted octanol–water partition coefficient (Wildman–Crippen LogP) is 6.77. The van der Waals surface area contributed by atoms with Crippen molar-refractivity contribution in [2.75, 3.05) is 6.61 Å². The number of nitrogens with zero attached hydrogens (tertiary/aromatic N) is 1. The van der Waals surface area contributed by atoms with E-state index >= 15 is 0 Å². The molecule has 6 atom stereocenters. The minimum Gasteiger partial charge on any atom is -0.445 e. The van der Waals surface area contributed by atoms with Crippen LogP contribution >= 0.6 is 8.24 Å². The molecule has 0 amide bonds. The van der Waals surface area contributed by atoms with E-state index in [0.29, 0.717) is 23.7 Å². The lowest BCUT2D eigenvalue weighted by atomic mass is 9.96. The second-order valence-corrected chi connectivity index (χ2v) is 11.1. The minimum absolute atomic E-state index is 0.308. The van der Waals surface area contributed by atoms with Crippen LogP contribution in [0.15, 0.2) is 123 Å². The highest BCUT2D eigenvalue weighted by Gasteiger charge is 2.55. The van der Waals surface area contributed by atoms with Gasteiger partial charge in [0.15, 0.2) is 6.29 Å². The summed E-state index contributed by atoms with van der Waals surface area (Å²) in [6, 6.07) is 34.8. The molecule has 0 N–H and O–H groups in total. The number of fused-ring (bicyclic) bond motifs is 5. The van der Waals surface area contributed by atoms with Crippen LogP contribution in [0.25, 0.3) is 21.9 Å². The highest BCUT2D eigenvalue weighted by molar-refractivity contribution is 7.31. The molecule has 0 bridgehead atoms. The Morgan fingerprint density at radius 1 is 0.707 bits per heavy atom. The number of ether oxygens (including phenoxy) is 4. The first-order valence-corrected chi connectivity index (χ1v) is 14.7. The molecule has 8 nitrogen and oxygen atoms in total. The van der Waals surface area contributed by atoms with E-state index in [2.05, 4.69) is 0 Å². The molecule has 3 aliphatic heterocycles. The normalized spacial score (nSPS) is 27.1. The Hall–Kier alpha value is -3.91. The van der Waals surface area contributed by atoms with Crippen molar-refractivity contribution in [3.63, 3.8) is 0 Å². The van der Waals surface area contributed by atoms with E-state index < -0.39 is 45.2 Å². The second-order valence-electron chi connectivity index (χ2n) is 10.1.